The van der Waals surface area contributed by atoms with Crippen LogP contribution in [0.15, 0.2) is 30.3 Å². The summed E-state index contributed by atoms with van der Waals surface area (Å²) >= 11 is 0. The fourth-order valence-corrected chi connectivity index (χ4v) is 6.06. The summed E-state index contributed by atoms with van der Waals surface area (Å²) in [6.45, 7) is 2.11. The summed E-state index contributed by atoms with van der Waals surface area (Å²) < 4.78 is 5.72. The number of rotatable bonds is 8. The molecule has 1 aromatic heterocycles. The lowest BCUT2D eigenvalue weighted by Crippen LogP contribution is -2.40. The summed E-state index contributed by atoms with van der Waals surface area (Å²) in [6.07, 6.45) is 9.64. The van der Waals surface area contributed by atoms with Crippen LogP contribution in [0.2, 0.25) is 0 Å². The van der Waals surface area contributed by atoms with E-state index >= 15 is 0 Å². The van der Waals surface area contributed by atoms with Gasteiger partial charge in [0.25, 0.3) is 0 Å². The monoisotopic (exact) mass is 476 g/mol. The molecule has 1 fully saturated rings. The fraction of sp³-hybridized carbons (Fsp3) is 0.552. The summed E-state index contributed by atoms with van der Waals surface area (Å²) in [5, 5.41) is 9.57. The highest BCUT2D eigenvalue weighted by Gasteiger charge is 2.31. The van der Waals surface area contributed by atoms with Crippen LogP contribution in [0.25, 0.3) is 0 Å². The number of aryl methyl sites for hydroxylation is 3. The zero-order chi connectivity index (χ0) is 24.2. The van der Waals surface area contributed by atoms with Crippen LogP contribution in [-0.2, 0) is 35.3 Å². The molecule has 6 heteroatoms. The highest BCUT2D eigenvalue weighted by atomic mass is 16.5. The molecule has 186 valence electrons. The predicted octanol–water partition coefficient (Wildman–Crippen LogP) is 4.72. The minimum atomic E-state index is -0.772. The van der Waals surface area contributed by atoms with Gasteiger partial charge in [-0.15, -0.1) is 0 Å². The van der Waals surface area contributed by atoms with Crippen LogP contribution in [0.5, 0.6) is 5.75 Å². The number of hydrogen-bond donors (Lipinski definition) is 1. The molecule has 1 aromatic carbocycles. The summed E-state index contributed by atoms with van der Waals surface area (Å²) in [5.41, 5.74) is 6.01. The zero-order valence-electron chi connectivity index (χ0n) is 20.5. The van der Waals surface area contributed by atoms with Gasteiger partial charge in [0.05, 0.1) is 13.0 Å². The van der Waals surface area contributed by atoms with Gasteiger partial charge in [-0.2, -0.15) is 0 Å². The number of pyridine rings is 1. The van der Waals surface area contributed by atoms with Crippen molar-refractivity contribution in [3.8, 4) is 5.75 Å². The van der Waals surface area contributed by atoms with Gasteiger partial charge in [0.1, 0.15) is 5.75 Å². The largest absolute Gasteiger partial charge is 0.493 e. The smallest absolute Gasteiger partial charge is 0.303 e. The van der Waals surface area contributed by atoms with E-state index in [9.17, 15) is 14.7 Å². The van der Waals surface area contributed by atoms with Gasteiger partial charge in [0, 0.05) is 37.3 Å². The summed E-state index contributed by atoms with van der Waals surface area (Å²) in [6, 6.07) is 10.6. The molecule has 1 atom stereocenters. The number of aromatic nitrogens is 1. The Balaban J connectivity index is 1.13. The van der Waals surface area contributed by atoms with Crippen LogP contribution in [0.1, 0.15) is 78.9 Å². The van der Waals surface area contributed by atoms with Crippen molar-refractivity contribution in [2.24, 2.45) is 5.92 Å². The number of ether oxygens (including phenoxy) is 1. The molecule has 0 saturated carbocycles. The number of piperidine rings is 1. The van der Waals surface area contributed by atoms with Gasteiger partial charge in [-0.3, -0.25) is 14.6 Å². The van der Waals surface area contributed by atoms with E-state index in [1.807, 2.05) is 11.0 Å². The molecule has 2 aromatic rings. The quantitative estimate of drug-likeness (QED) is 0.597. The van der Waals surface area contributed by atoms with Crippen molar-refractivity contribution < 1.29 is 19.4 Å². The molecule has 2 aliphatic heterocycles. The molecule has 6 nitrogen and oxygen atoms in total. The second-order valence-electron chi connectivity index (χ2n) is 10.4. The molecule has 1 unspecified atom stereocenters. The highest BCUT2D eigenvalue weighted by Crippen LogP contribution is 2.38. The number of carboxylic acids is 1. The molecule has 0 spiro atoms. The average molecular weight is 477 g/mol. The third-order valence-corrected chi connectivity index (χ3v) is 8.06. The number of fused-ring (bicyclic) bond motifs is 2. The van der Waals surface area contributed by atoms with Crippen molar-refractivity contribution in [1.82, 2.24) is 9.88 Å². The number of carboxylic acid groups (broad SMARTS) is 1. The zero-order valence-corrected chi connectivity index (χ0v) is 20.5. The first-order valence-corrected chi connectivity index (χ1v) is 13.3. The Labute approximate surface area is 207 Å². The number of aliphatic carboxylic acids is 1. The summed E-state index contributed by atoms with van der Waals surface area (Å²) in [4.78, 5) is 31.3. The normalized spacial score (nSPS) is 18.5. The Kier molecular flexibility index (Phi) is 7.35. The van der Waals surface area contributed by atoms with Crippen LogP contribution in [-0.4, -0.2) is 46.6 Å². The molecule has 35 heavy (non-hydrogen) atoms. The molecular weight excluding hydrogens is 440 g/mol. The van der Waals surface area contributed by atoms with Crippen LogP contribution in [0.4, 0.5) is 0 Å². The maximum atomic E-state index is 12.9. The van der Waals surface area contributed by atoms with Gasteiger partial charge in [-0.25, -0.2) is 0 Å². The minimum Gasteiger partial charge on any atom is -0.493 e. The van der Waals surface area contributed by atoms with E-state index in [0.29, 0.717) is 26.1 Å². The van der Waals surface area contributed by atoms with Crippen molar-refractivity contribution >= 4 is 11.9 Å². The summed E-state index contributed by atoms with van der Waals surface area (Å²) in [7, 11) is 0. The lowest BCUT2D eigenvalue weighted by atomic mass is 9.78. The number of amides is 1. The lowest BCUT2D eigenvalue weighted by molar-refractivity contribution is -0.138. The Morgan fingerprint density at radius 1 is 1.06 bits per heavy atom. The SMILES string of the molecule is O=C(O)CC(c1ccc2c(c1)OCC2)C1CCN(C(=O)CCCc2ccc3c(n2)CCCC3)CC1. The molecule has 1 amide bonds. The first-order chi connectivity index (χ1) is 17.1. The molecule has 5 rings (SSSR count). The number of likely N-dealkylation sites (tertiary alicyclic amines) is 1. The Hall–Kier alpha value is -2.89. The van der Waals surface area contributed by atoms with E-state index in [4.69, 9.17) is 9.72 Å². The van der Waals surface area contributed by atoms with E-state index in [2.05, 4.69) is 24.3 Å². The van der Waals surface area contributed by atoms with Gasteiger partial charge < -0.3 is 14.7 Å². The van der Waals surface area contributed by atoms with Crippen molar-refractivity contribution in [1.29, 1.82) is 0 Å². The molecular formula is C29H36N2O4. The second kappa shape index (κ2) is 10.8. The van der Waals surface area contributed by atoms with Crippen molar-refractivity contribution in [3.63, 3.8) is 0 Å². The number of hydrogen-bond acceptors (Lipinski definition) is 4. The fourth-order valence-electron chi connectivity index (χ4n) is 6.06. The number of nitrogens with zero attached hydrogens (tertiary/aromatic N) is 2. The van der Waals surface area contributed by atoms with E-state index in [1.165, 1.54) is 29.7 Å². The molecule has 3 heterocycles. The molecule has 1 N–H and O–H groups in total. The molecule has 0 radical (unpaired) electrons. The van der Waals surface area contributed by atoms with Gasteiger partial charge in [0.15, 0.2) is 0 Å². The van der Waals surface area contributed by atoms with Gasteiger partial charge in [-0.1, -0.05) is 18.2 Å². The summed E-state index contributed by atoms with van der Waals surface area (Å²) in [5.74, 6) is 0.551. The third kappa shape index (κ3) is 5.68. The lowest BCUT2D eigenvalue weighted by Gasteiger charge is -2.36. The van der Waals surface area contributed by atoms with Crippen LogP contribution >= 0.6 is 0 Å². The molecule has 3 aliphatic rings. The number of carbonyl (C=O) groups excluding carboxylic acids is 1. The van der Waals surface area contributed by atoms with Crippen LogP contribution < -0.4 is 4.74 Å². The molecule has 0 bridgehead atoms. The van der Waals surface area contributed by atoms with Gasteiger partial charge in [0.2, 0.25) is 5.91 Å². The maximum absolute atomic E-state index is 12.9. The average Bonchev–Trinajstić information content (AvgIpc) is 3.35. The first-order valence-electron chi connectivity index (χ1n) is 13.3. The van der Waals surface area contributed by atoms with Crippen molar-refractivity contribution in [3.05, 3.63) is 58.4 Å². The van der Waals surface area contributed by atoms with E-state index in [0.717, 1.165) is 62.0 Å². The van der Waals surface area contributed by atoms with Gasteiger partial charge in [-0.05, 0) is 92.0 Å². The van der Waals surface area contributed by atoms with E-state index in [1.54, 1.807) is 0 Å². The number of benzene rings is 1. The topological polar surface area (TPSA) is 79.7 Å². The Morgan fingerprint density at radius 2 is 1.86 bits per heavy atom. The standard InChI is InChI=1S/C29H36N2O4/c32-28(7-3-5-24-11-10-21-4-1-2-6-26(21)30-24)31-15-12-20(13-16-31)25(19-29(33)34)23-9-8-22-14-17-35-27(22)18-23/h8-11,18,20,25H,1-7,12-17,19H2,(H,33,34). The number of carbonyl (C=O) groups is 2. The maximum Gasteiger partial charge on any atom is 0.303 e. The molecule has 1 aliphatic carbocycles. The first kappa shape index (κ1) is 23.8. The second-order valence-corrected chi connectivity index (χ2v) is 10.4. The van der Waals surface area contributed by atoms with Crippen LogP contribution in [0, 0.1) is 5.92 Å². The highest BCUT2D eigenvalue weighted by molar-refractivity contribution is 5.76. The minimum absolute atomic E-state index is 0.0469. The molecule has 1 saturated heterocycles. The van der Waals surface area contributed by atoms with Crippen molar-refractivity contribution in [2.75, 3.05) is 19.7 Å². The van der Waals surface area contributed by atoms with Crippen LogP contribution in [0.3, 0.4) is 0 Å². The Bertz CT molecular complexity index is 1070. The third-order valence-electron chi connectivity index (χ3n) is 8.06. The van der Waals surface area contributed by atoms with Crippen molar-refractivity contribution in [2.45, 2.75) is 76.5 Å². The van der Waals surface area contributed by atoms with E-state index in [-0.39, 0.29) is 24.2 Å². The van der Waals surface area contributed by atoms with Gasteiger partial charge >= 0.3 is 5.97 Å². The Morgan fingerprint density at radius 3 is 2.69 bits per heavy atom. The predicted molar refractivity (Wildman–Crippen MR) is 134 cm³/mol. The van der Waals surface area contributed by atoms with E-state index < -0.39 is 5.97 Å².